The van der Waals surface area contributed by atoms with Gasteiger partial charge in [-0.1, -0.05) is 0 Å². The van der Waals surface area contributed by atoms with Gasteiger partial charge in [0.05, 0.1) is 12.8 Å². The minimum absolute atomic E-state index is 0.0860. The molecule has 4 rings (SSSR count). The molecule has 1 aliphatic heterocycles. The first kappa shape index (κ1) is 23.0. The number of nitrogens with one attached hydrogen (secondary N) is 1. The SMILES string of the molecule is Cc1ncc2c(c1CNC(=O)Cc1ccsc1)CCN(C(=O)Cc1c(F)ccc(F)c1F)C2. The van der Waals surface area contributed by atoms with Crippen LogP contribution in [0.5, 0.6) is 0 Å². The van der Waals surface area contributed by atoms with E-state index in [1.165, 1.54) is 16.2 Å². The van der Waals surface area contributed by atoms with E-state index >= 15 is 0 Å². The van der Waals surface area contributed by atoms with Gasteiger partial charge >= 0.3 is 0 Å². The molecule has 1 aliphatic rings. The number of nitrogens with zero attached hydrogens (tertiary/aromatic N) is 2. The average Bonchev–Trinajstić information content (AvgIpc) is 3.31. The zero-order valence-corrected chi connectivity index (χ0v) is 18.8. The van der Waals surface area contributed by atoms with Crippen LogP contribution in [0.4, 0.5) is 13.2 Å². The van der Waals surface area contributed by atoms with Gasteiger partial charge in [-0.25, -0.2) is 13.2 Å². The molecule has 0 fully saturated rings. The van der Waals surface area contributed by atoms with Gasteiger partial charge in [0.15, 0.2) is 11.6 Å². The van der Waals surface area contributed by atoms with Gasteiger partial charge in [0, 0.05) is 37.1 Å². The molecule has 3 aromatic rings. The summed E-state index contributed by atoms with van der Waals surface area (Å²) in [7, 11) is 0. The molecule has 2 amide bonds. The van der Waals surface area contributed by atoms with Crippen LogP contribution in [0.2, 0.25) is 0 Å². The van der Waals surface area contributed by atoms with Crippen LogP contribution in [0.3, 0.4) is 0 Å². The fourth-order valence-corrected chi connectivity index (χ4v) is 4.66. The minimum Gasteiger partial charge on any atom is -0.352 e. The summed E-state index contributed by atoms with van der Waals surface area (Å²) in [6.07, 6.45) is 1.95. The van der Waals surface area contributed by atoms with Crippen LogP contribution in [0, 0.1) is 24.4 Å². The lowest BCUT2D eigenvalue weighted by Gasteiger charge is -2.30. The number of hydrogen-bond donors (Lipinski definition) is 1. The van der Waals surface area contributed by atoms with Gasteiger partial charge in [-0.2, -0.15) is 11.3 Å². The number of halogens is 3. The van der Waals surface area contributed by atoms with Crippen molar-refractivity contribution < 1.29 is 22.8 Å². The number of carbonyl (C=O) groups is 2. The molecule has 172 valence electrons. The lowest BCUT2D eigenvalue weighted by Crippen LogP contribution is -2.38. The number of aromatic nitrogens is 1. The van der Waals surface area contributed by atoms with E-state index in [9.17, 15) is 22.8 Å². The Bertz CT molecular complexity index is 1200. The summed E-state index contributed by atoms with van der Waals surface area (Å²) in [5, 5.41) is 6.80. The van der Waals surface area contributed by atoms with Gasteiger partial charge in [0.2, 0.25) is 11.8 Å². The number of thiophene rings is 1. The van der Waals surface area contributed by atoms with E-state index in [4.69, 9.17) is 0 Å². The number of pyridine rings is 1. The molecule has 3 heterocycles. The van der Waals surface area contributed by atoms with Crippen molar-refractivity contribution in [2.45, 2.75) is 39.3 Å². The van der Waals surface area contributed by atoms with E-state index in [-0.39, 0.29) is 12.5 Å². The van der Waals surface area contributed by atoms with E-state index in [2.05, 4.69) is 10.3 Å². The first-order chi connectivity index (χ1) is 15.8. The second-order valence-electron chi connectivity index (χ2n) is 7.97. The number of benzene rings is 1. The molecule has 9 heteroatoms. The maximum atomic E-state index is 14.0. The quantitative estimate of drug-likeness (QED) is 0.553. The second-order valence-corrected chi connectivity index (χ2v) is 8.75. The molecule has 0 spiro atoms. The third-order valence-electron chi connectivity index (χ3n) is 5.82. The average molecular weight is 474 g/mol. The molecule has 1 aromatic carbocycles. The third kappa shape index (κ3) is 5.08. The van der Waals surface area contributed by atoms with Gasteiger partial charge in [-0.3, -0.25) is 14.6 Å². The van der Waals surface area contributed by atoms with E-state index in [0.717, 1.165) is 34.0 Å². The summed E-state index contributed by atoms with van der Waals surface area (Å²) >= 11 is 1.54. The Balaban J connectivity index is 1.44. The maximum absolute atomic E-state index is 14.0. The molecule has 1 N–H and O–H groups in total. The molecule has 2 aromatic heterocycles. The zero-order valence-electron chi connectivity index (χ0n) is 18.0. The van der Waals surface area contributed by atoms with Crippen LogP contribution in [0.1, 0.15) is 33.5 Å². The van der Waals surface area contributed by atoms with E-state index in [0.29, 0.717) is 32.0 Å². The summed E-state index contributed by atoms with van der Waals surface area (Å²) in [6, 6.07) is 3.43. The van der Waals surface area contributed by atoms with Gasteiger partial charge in [-0.05, 0) is 64.6 Å². The molecule has 0 radical (unpaired) electrons. The van der Waals surface area contributed by atoms with E-state index < -0.39 is 35.3 Å². The Morgan fingerprint density at radius 2 is 1.91 bits per heavy atom. The molecule has 33 heavy (non-hydrogen) atoms. The first-order valence-corrected chi connectivity index (χ1v) is 11.4. The summed E-state index contributed by atoms with van der Waals surface area (Å²) in [5.74, 6) is -4.04. The predicted octanol–water partition coefficient (Wildman–Crippen LogP) is 3.86. The number of rotatable bonds is 6. The monoisotopic (exact) mass is 473 g/mol. The highest BCUT2D eigenvalue weighted by Gasteiger charge is 2.26. The zero-order chi connectivity index (χ0) is 23.5. The number of aryl methyl sites for hydroxylation is 1. The van der Waals surface area contributed by atoms with Crippen LogP contribution in [-0.4, -0.2) is 28.2 Å². The lowest BCUT2D eigenvalue weighted by atomic mass is 9.94. The first-order valence-electron chi connectivity index (χ1n) is 10.5. The number of fused-ring (bicyclic) bond motifs is 1. The highest BCUT2D eigenvalue weighted by atomic mass is 32.1. The van der Waals surface area contributed by atoms with Crippen LogP contribution in [0.25, 0.3) is 0 Å². The van der Waals surface area contributed by atoms with Gasteiger partial charge < -0.3 is 10.2 Å². The molecule has 0 unspecified atom stereocenters. The molecular formula is C24H22F3N3O2S. The highest BCUT2D eigenvalue weighted by Crippen LogP contribution is 2.25. The fraction of sp³-hybridized carbons (Fsp3) is 0.292. The Hall–Kier alpha value is -3.20. The van der Waals surface area contributed by atoms with Crippen molar-refractivity contribution in [1.29, 1.82) is 0 Å². The lowest BCUT2D eigenvalue weighted by molar-refractivity contribution is -0.131. The van der Waals surface area contributed by atoms with Crippen molar-refractivity contribution in [1.82, 2.24) is 15.2 Å². The van der Waals surface area contributed by atoms with Crippen molar-refractivity contribution >= 4 is 23.2 Å². The predicted molar refractivity (Wildman–Crippen MR) is 118 cm³/mol. The number of hydrogen-bond acceptors (Lipinski definition) is 4. The normalized spacial score (nSPS) is 13.0. The smallest absolute Gasteiger partial charge is 0.227 e. The van der Waals surface area contributed by atoms with Crippen molar-refractivity contribution in [2.24, 2.45) is 0 Å². The summed E-state index contributed by atoms with van der Waals surface area (Å²) in [4.78, 5) is 30.9. The number of amides is 2. The minimum atomic E-state index is -1.33. The topological polar surface area (TPSA) is 62.3 Å². The Kier molecular flexibility index (Phi) is 6.78. The Labute approximate surface area is 193 Å². The van der Waals surface area contributed by atoms with Crippen LogP contribution in [0.15, 0.2) is 35.2 Å². The van der Waals surface area contributed by atoms with E-state index in [1.807, 2.05) is 23.8 Å². The second kappa shape index (κ2) is 9.74. The molecule has 0 saturated heterocycles. The molecule has 0 saturated carbocycles. The Morgan fingerprint density at radius 1 is 1.12 bits per heavy atom. The molecule has 0 atom stereocenters. The van der Waals surface area contributed by atoms with Crippen LogP contribution >= 0.6 is 11.3 Å². The van der Waals surface area contributed by atoms with Crippen LogP contribution < -0.4 is 5.32 Å². The van der Waals surface area contributed by atoms with Gasteiger partial charge in [-0.15, -0.1) is 0 Å². The molecular weight excluding hydrogens is 451 g/mol. The summed E-state index contributed by atoms with van der Waals surface area (Å²) in [6.45, 7) is 2.78. The molecule has 0 aliphatic carbocycles. The van der Waals surface area contributed by atoms with Gasteiger partial charge in [0.25, 0.3) is 0 Å². The maximum Gasteiger partial charge on any atom is 0.227 e. The standard InChI is InChI=1S/C24H22F3N3O2S/c1-14-19(11-29-22(31)8-15-5-7-33-13-15)17-4-6-30(12-16(17)10-28-14)23(32)9-18-20(25)2-3-21(26)24(18)27/h2-3,5,7,10,13H,4,6,8-9,11-12H2,1H3,(H,29,31). The highest BCUT2D eigenvalue weighted by molar-refractivity contribution is 7.08. The largest absolute Gasteiger partial charge is 0.352 e. The van der Waals surface area contributed by atoms with Crippen molar-refractivity contribution in [2.75, 3.05) is 6.54 Å². The van der Waals surface area contributed by atoms with Gasteiger partial charge in [0.1, 0.15) is 5.82 Å². The van der Waals surface area contributed by atoms with Crippen molar-refractivity contribution in [3.05, 3.63) is 86.1 Å². The third-order valence-corrected chi connectivity index (χ3v) is 6.55. The number of carbonyl (C=O) groups excluding carboxylic acids is 2. The summed E-state index contributed by atoms with van der Waals surface area (Å²) < 4.78 is 41.4. The van der Waals surface area contributed by atoms with Crippen molar-refractivity contribution in [3.63, 3.8) is 0 Å². The van der Waals surface area contributed by atoms with Crippen molar-refractivity contribution in [3.8, 4) is 0 Å². The summed E-state index contributed by atoms with van der Waals surface area (Å²) in [5.41, 5.74) is 3.95. The fourth-order valence-electron chi connectivity index (χ4n) is 3.99. The Morgan fingerprint density at radius 3 is 2.67 bits per heavy atom. The molecule has 0 bridgehead atoms. The van der Waals surface area contributed by atoms with Crippen LogP contribution in [-0.2, 0) is 41.9 Å². The van der Waals surface area contributed by atoms with E-state index in [1.54, 1.807) is 6.20 Å². The molecule has 5 nitrogen and oxygen atoms in total.